The highest BCUT2D eigenvalue weighted by molar-refractivity contribution is 5.96. The van der Waals surface area contributed by atoms with Crippen molar-refractivity contribution in [1.29, 1.82) is 0 Å². The van der Waals surface area contributed by atoms with E-state index in [1.54, 1.807) is 13.8 Å². The molecular weight excluding hydrogens is 308 g/mol. The third kappa shape index (κ3) is 2.72. The van der Waals surface area contributed by atoms with Crippen LogP contribution < -0.4 is 14.8 Å². The van der Waals surface area contributed by atoms with Crippen molar-refractivity contribution >= 4 is 5.91 Å². The highest BCUT2D eigenvalue weighted by Gasteiger charge is 2.35. The first-order valence-corrected chi connectivity index (χ1v) is 8.27. The van der Waals surface area contributed by atoms with Crippen LogP contribution in [0.25, 0.3) is 0 Å². The molecule has 1 aromatic carbocycles. The van der Waals surface area contributed by atoms with Crippen molar-refractivity contribution in [2.45, 2.75) is 32.7 Å². The zero-order chi connectivity index (χ0) is 16.7. The Labute approximate surface area is 140 Å². The molecule has 1 aliphatic carbocycles. The van der Waals surface area contributed by atoms with Crippen LogP contribution in [-0.4, -0.2) is 24.3 Å². The van der Waals surface area contributed by atoms with Gasteiger partial charge in [0.1, 0.15) is 24.5 Å². The lowest BCUT2D eigenvalue weighted by Crippen LogP contribution is -2.30. The van der Waals surface area contributed by atoms with Crippen LogP contribution in [0.1, 0.15) is 46.3 Å². The third-order valence-electron chi connectivity index (χ3n) is 4.57. The summed E-state index contributed by atoms with van der Waals surface area (Å²) in [7, 11) is 0. The Morgan fingerprint density at radius 1 is 1.21 bits per heavy atom. The fourth-order valence-corrected chi connectivity index (χ4v) is 3.18. The number of fused-ring (bicyclic) bond motifs is 1. The number of nitrogens with zero attached hydrogens (tertiary/aromatic N) is 1. The molecule has 0 spiro atoms. The van der Waals surface area contributed by atoms with Crippen molar-refractivity contribution in [3.63, 3.8) is 0 Å². The maximum Gasteiger partial charge on any atom is 0.257 e. The normalized spacial score (nSPS) is 17.4. The minimum atomic E-state index is -0.141. The van der Waals surface area contributed by atoms with Gasteiger partial charge in [-0.05, 0) is 50.3 Å². The molecule has 1 aromatic heterocycles. The molecule has 1 fully saturated rings. The second-order valence-electron chi connectivity index (χ2n) is 6.39. The lowest BCUT2D eigenvalue weighted by molar-refractivity contribution is 0.0929. The van der Waals surface area contributed by atoms with E-state index in [4.69, 9.17) is 14.0 Å². The Morgan fingerprint density at radius 3 is 2.62 bits per heavy atom. The number of nitrogens with one attached hydrogen (secondary N) is 1. The topological polar surface area (TPSA) is 73.6 Å². The van der Waals surface area contributed by atoms with E-state index in [-0.39, 0.29) is 11.9 Å². The Morgan fingerprint density at radius 2 is 1.96 bits per heavy atom. The van der Waals surface area contributed by atoms with Gasteiger partial charge in [0.15, 0.2) is 11.5 Å². The molecule has 1 N–H and O–H groups in total. The van der Waals surface area contributed by atoms with Gasteiger partial charge in [-0.2, -0.15) is 0 Å². The van der Waals surface area contributed by atoms with Crippen molar-refractivity contribution in [3.8, 4) is 11.5 Å². The van der Waals surface area contributed by atoms with Crippen LogP contribution >= 0.6 is 0 Å². The molecule has 6 nitrogen and oxygen atoms in total. The van der Waals surface area contributed by atoms with E-state index >= 15 is 0 Å². The van der Waals surface area contributed by atoms with Crippen LogP contribution in [0.4, 0.5) is 0 Å². The summed E-state index contributed by atoms with van der Waals surface area (Å²) in [6.45, 7) is 4.66. The average molecular weight is 328 g/mol. The molecule has 6 heteroatoms. The molecule has 2 heterocycles. The average Bonchev–Trinajstić information content (AvgIpc) is 3.37. The maximum absolute atomic E-state index is 12.7. The number of ether oxygens (including phenoxy) is 2. The molecule has 1 saturated carbocycles. The molecule has 24 heavy (non-hydrogen) atoms. The summed E-state index contributed by atoms with van der Waals surface area (Å²) in [5.74, 6) is 2.37. The van der Waals surface area contributed by atoms with Crippen molar-refractivity contribution in [1.82, 2.24) is 10.5 Å². The Hall–Kier alpha value is -2.50. The molecular formula is C18H20N2O4. The molecule has 1 aliphatic heterocycles. The smallest absolute Gasteiger partial charge is 0.257 e. The standard InChI is InChI=1S/C18H20N2O4/c1-10-16(11(2)24-20-10)18(21)19-17(12-3-4-12)13-5-6-14-15(9-13)23-8-7-22-14/h5-6,9,12,17H,3-4,7-8H2,1-2H3,(H,19,21). The summed E-state index contributed by atoms with van der Waals surface area (Å²) in [6, 6.07) is 5.86. The predicted octanol–water partition coefficient (Wildman–Crippen LogP) is 2.94. The first kappa shape index (κ1) is 15.1. The van der Waals surface area contributed by atoms with E-state index < -0.39 is 0 Å². The number of benzene rings is 1. The molecule has 1 amide bonds. The SMILES string of the molecule is Cc1noc(C)c1C(=O)NC(c1ccc2c(c1)OCCO2)C1CC1. The number of hydrogen-bond acceptors (Lipinski definition) is 5. The van der Waals surface area contributed by atoms with Gasteiger partial charge in [-0.25, -0.2) is 0 Å². The highest BCUT2D eigenvalue weighted by atomic mass is 16.6. The molecule has 2 aliphatic rings. The quantitative estimate of drug-likeness (QED) is 0.934. The fraction of sp³-hybridized carbons (Fsp3) is 0.444. The van der Waals surface area contributed by atoms with Crippen LogP contribution in [-0.2, 0) is 0 Å². The van der Waals surface area contributed by atoms with E-state index in [0.29, 0.717) is 36.1 Å². The number of carbonyl (C=O) groups is 1. The molecule has 0 saturated heterocycles. The van der Waals surface area contributed by atoms with Crippen molar-refractivity contribution < 1.29 is 18.8 Å². The number of amides is 1. The van der Waals surface area contributed by atoms with Gasteiger partial charge in [0.2, 0.25) is 0 Å². The van der Waals surface area contributed by atoms with Crippen LogP contribution in [0.3, 0.4) is 0 Å². The minimum absolute atomic E-state index is 0.0398. The number of rotatable bonds is 4. The van der Waals surface area contributed by atoms with Gasteiger partial charge in [0, 0.05) is 0 Å². The van der Waals surface area contributed by atoms with Gasteiger partial charge >= 0.3 is 0 Å². The van der Waals surface area contributed by atoms with Crippen molar-refractivity contribution in [3.05, 3.63) is 40.8 Å². The summed E-state index contributed by atoms with van der Waals surface area (Å²) in [6.07, 6.45) is 2.22. The van der Waals surface area contributed by atoms with Crippen LogP contribution in [0.15, 0.2) is 22.7 Å². The second kappa shape index (κ2) is 5.85. The van der Waals surface area contributed by atoms with Gasteiger partial charge in [-0.1, -0.05) is 11.2 Å². The lowest BCUT2D eigenvalue weighted by atomic mass is 10.0. The molecule has 0 radical (unpaired) electrons. The van der Waals surface area contributed by atoms with E-state index in [2.05, 4.69) is 10.5 Å². The summed E-state index contributed by atoms with van der Waals surface area (Å²) < 4.78 is 16.3. The lowest BCUT2D eigenvalue weighted by Gasteiger charge is -2.23. The highest BCUT2D eigenvalue weighted by Crippen LogP contribution is 2.43. The first-order chi connectivity index (χ1) is 11.6. The second-order valence-corrected chi connectivity index (χ2v) is 6.39. The van der Waals surface area contributed by atoms with Gasteiger partial charge < -0.3 is 19.3 Å². The molecule has 1 atom stereocenters. The number of aromatic nitrogens is 1. The summed E-state index contributed by atoms with van der Waals surface area (Å²) in [5.41, 5.74) is 2.18. The maximum atomic E-state index is 12.7. The number of carbonyl (C=O) groups excluding carboxylic acids is 1. The summed E-state index contributed by atoms with van der Waals surface area (Å²) in [5, 5.41) is 7.01. The van der Waals surface area contributed by atoms with Crippen molar-refractivity contribution in [2.75, 3.05) is 13.2 Å². The Bertz CT molecular complexity index is 760. The number of hydrogen-bond donors (Lipinski definition) is 1. The zero-order valence-electron chi connectivity index (χ0n) is 13.8. The largest absolute Gasteiger partial charge is 0.486 e. The molecule has 4 rings (SSSR count). The molecule has 126 valence electrons. The molecule has 0 bridgehead atoms. The minimum Gasteiger partial charge on any atom is -0.486 e. The van der Waals surface area contributed by atoms with Gasteiger partial charge in [0.05, 0.1) is 11.7 Å². The van der Waals surface area contributed by atoms with E-state index in [0.717, 1.165) is 29.9 Å². The van der Waals surface area contributed by atoms with Gasteiger partial charge in [0.25, 0.3) is 5.91 Å². The van der Waals surface area contributed by atoms with Gasteiger partial charge in [-0.3, -0.25) is 4.79 Å². The first-order valence-electron chi connectivity index (χ1n) is 8.27. The van der Waals surface area contributed by atoms with Crippen LogP contribution in [0.5, 0.6) is 11.5 Å². The van der Waals surface area contributed by atoms with Crippen LogP contribution in [0.2, 0.25) is 0 Å². The summed E-state index contributed by atoms with van der Waals surface area (Å²) >= 11 is 0. The third-order valence-corrected chi connectivity index (χ3v) is 4.57. The Balaban J connectivity index is 1.60. The van der Waals surface area contributed by atoms with E-state index in [9.17, 15) is 4.79 Å². The summed E-state index contributed by atoms with van der Waals surface area (Å²) in [4.78, 5) is 12.7. The molecule has 2 aromatic rings. The fourth-order valence-electron chi connectivity index (χ4n) is 3.18. The predicted molar refractivity (Wildman–Crippen MR) is 86.3 cm³/mol. The molecule has 1 unspecified atom stereocenters. The van der Waals surface area contributed by atoms with Crippen molar-refractivity contribution in [2.24, 2.45) is 5.92 Å². The number of aryl methyl sites for hydroxylation is 2. The van der Waals surface area contributed by atoms with Crippen LogP contribution in [0, 0.1) is 19.8 Å². The monoisotopic (exact) mass is 328 g/mol. The van der Waals surface area contributed by atoms with E-state index in [1.807, 2.05) is 18.2 Å². The Kier molecular flexibility index (Phi) is 3.67. The van der Waals surface area contributed by atoms with Gasteiger partial charge in [-0.15, -0.1) is 0 Å². The zero-order valence-corrected chi connectivity index (χ0v) is 13.8. The van der Waals surface area contributed by atoms with E-state index in [1.165, 1.54) is 0 Å².